The molecule has 0 unspecified atom stereocenters. The van der Waals surface area contributed by atoms with Gasteiger partial charge in [0.25, 0.3) is 0 Å². The Morgan fingerprint density at radius 3 is 2.61 bits per heavy atom. The highest BCUT2D eigenvalue weighted by Crippen LogP contribution is 2.32. The summed E-state index contributed by atoms with van der Waals surface area (Å²) in [7, 11) is 1.64. The van der Waals surface area contributed by atoms with E-state index in [0.717, 1.165) is 23.9 Å². The molecular formula is C17H21ClF3N5OS. The van der Waals surface area contributed by atoms with Gasteiger partial charge in [0.15, 0.2) is 5.96 Å². The number of alkyl halides is 3. The molecule has 0 aliphatic rings. The Bertz CT molecular complexity index is 797. The van der Waals surface area contributed by atoms with Crippen LogP contribution in [0.25, 0.3) is 0 Å². The Morgan fingerprint density at radius 1 is 1.25 bits per heavy atom. The Morgan fingerprint density at radius 2 is 2.00 bits per heavy atom. The molecular weight excluding hydrogens is 415 g/mol. The third kappa shape index (κ3) is 6.83. The fourth-order valence-electron chi connectivity index (χ4n) is 2.14. The van der Waals surface area contributed by atoms with Crippen LogP contribution in [0.4, 0.5) is 13.2 Å². The third-order valence-corrected chi connectivity index (χ3v) is 5.05. The molecule has 0 aliphatic heterocycles. The van der Waals surface area contributed by atoms with Gasteiger partial charge < -0.3 is 15.4 Å². The van der Waals surface area contributed by atoms with Crippen molar-refractivity contribution in [2.75, 3.05) is 26.7 Å². The lowest BCUT2D eigenvalue weighted by molar-refractivity contribution is -0.137. The van der Waals surface area contributed by atoms with Crippen LogP contribution >= 0.6 is 22.9 Å². The van der Waals surface area contributed by atoms with E-state index < -0.39 is 11.7 Å². The summed E-state index contributed by atoms with van der Waals surface area (Å²) < 4.78 is 43.1. The topological polar surface area (TPSA) is 71.4 Å². The van der Waals surface area contributed by atoms with Gasteiger partial charge in [-0.05, 0) is 12.5 Å². The van der Waals surface area contributed by atoms with Crippen molar-refractivity contribution in [2.45, 2.75) is 25.9 Å². The maximum Gasteiger partial charge on any atom is 0.417 e. The number of ether oxygens (including phenoxy) is 1. The Hall–Kier alpha value is -2.07. The van der Waals surface area contributed by atoms with Crippen molar-refractivity contribution >= 4 is 28.9 Å². The molecule has 0 saturated carbocycles. The van der Waals surface area contributed by atoms with E-state index >= 15 is 0 Å². The third-order valence-electron chi connectivity index (χ3n) is 3.57. The van der Waals surface area contributed by atoms with Gasteiger partial charge in [-0.3, -0.25) is 4.99 Å². The number of aryl methyl sites for hydroxylation is 1. The molecule has 0 aromatic carbocycles. The molecule has 28 heavy (non-hydrogen) atoms. The summed E-state index contributed by atoms with van der Waals surface area (Å²) in [6.45, 7) is 3.29. The Labute approximate surface area is 170 Å². The molecule has 6 nitrogen and oxygen atoms in total. The first-order chi connectivity index (χ1) is 13.3. The van der Waals surface area contributed by atoms with Crippen LogP contribution in [0, 0.1) is 0 Å². The molecule has 2 aromatic rings. The molecule has 2 heterocycles. The van der Waals surface area contributed by atoms with E-state index in [0.29, 0.717) is 25.2 Å². The fraction of sp³-hybridized carbons (Fsp3) is 0.471. The highest BCUT2D eigenvalue weighted by atomic mass is 35.5. The van der Waals surface area contributed by atoms with Crippen LogP contribution in [0.15, 0.2) is 23.5 Å². The lowest BCUT2D eigenvalue weighted by atomic mass is 10.3. The van der Waals surface area contributed by atoms with E-state index in [1.54, 1.807) is 18.4 Å². The summed E-state index contributed by atoms with van der Waals surface area (Å²) in [5, 5.41) is 7.08. The van der Waals surface area contributed by atoms with Gasteiger partial charge in [-0.2, -0.15) is 13.2 Å². The summed E-state index contributed by atoms with van der Waals surface area (Å²) in [4.78, 5) is 13.3. The molecule has 0 saturated heterocycles. The first-order valence-corrected chi connectivity index (χ1v) is 9.76. The molecule has 0 spiro atoms. The van der Waals surface area contributed by atoms with Crippen LogP contribution in [0.2, 0.25) is 5.02 Å². The molecule has 2 aromatic heterocycles. The number of hydrogen-bond donors (Lipinski definition) is 2. The molecule has 0 radical (unpaired) electrons. The Balaban J connectivity index is 1.71. The van der Waals surface area contributed by atoms with E-state index in [1.807, 2.05) is 6.20 Å². The summed E-state index contributed by atoms with van der Waals surface area (Å²) in [5.41, 5.74) is -0.918. The second kappa shape index (κ2) is 10.5. The van der Waals surface area contributed by atoms with Gasteiger partial charge in [0.2, 0.25) is 5.88 Å². The van der Waals surface area contributed by atoms with E-state index in [-0.39, 0.29) is 17.5 Å². The van der Waals surface area contributed by atoms with Crippen molar-refractivity contribution in [3.63, 3.8) is 0 Å². The molecule has 0 bridgehead atoms. The van der Waals surface area contributed by atoms with E-state index in [9.17, 15) is 13.2 Å². The second-order valence-corrected chi connectivity index (χ2v) is 7.21. The summed E-state index contributed by atoms with van der Waals surface area (Å²) in [6, 6.07) is 0.792. The number of halogens is 4. The van der Waals surface area contributed by atoms with E-state index in [4.69, 9.17) is 16.3 Å². The maximum atomic E-state index is 12.6. The molecule has 2 rings (SSSR count). The summed E-state index contributed by atoms with van der Waals surface area (Å²) in [5.74, 6) is 0.539. The number of nitrogens with zero attached hydrogens (tertiary/aromatic N) is 3. The van der Waals surface area contributed by atoms with Crippen LogP contribution in [-0.4, -0.2) is 42.7 Å². The van der Waals surface area contributed by atoms with Gasteiger partial charge in [0, 0.05) is 37.3 Å². The monoisotopic (exact) mass is 435 g/mol. The summed E-state index contributed by atoms with van der Waals surface area (Å²) >= 11 is 7.49. The van der Waals surface area contributed by atoms with Crippen molar-refractivity contribution in [3.8, 4) is 5.88 Å². The van der Waals surface area contributed by atoms with Gasteiger partial charge >= 0.3 is 6.18 Å². The number of thiazole rings is 1. The van der Waals surface area contributed by atoms with E-state index in [2.05, 4.69) is 32.5 Å². The highest BCUT2D eigenvalue weighted by molar-refractivity contribution is 7.11. The van der Waals surface area contributed by atoms with Gasteiger partial charge in [0.05, 0.1) is 17.1 Å². The lowest BCUT2D eigenvalue weighted by Gasteiger charge is -2.13. The van der Waals surface area contributed by atoms with Gasteiger partial charge in [0.1, 0.15) is 11.6 Å². The fourth-order valence-corrected chi connectivity index (χ4v) is 3.22. The number of nitrogens with one attached hydrogen (secondary N) is 2. The number of rotatable bonds is 8. The van der Waals surface area contributed by atoms with Crippen molar-refractivity contribution in [3.05, 3.63) is 38.9 Å². The zero-order chi connectivity index (χ0) is 20.6. The minimum absolute atomic E-state index is 0.0464. The number of pyridine rings is 1. The second-order valence-electron chi connectivity index (χ2n) is 5.61. The van der Waals surface area contributed by atoms with Gasteiger partial charge in [-0.25, -0.2) is 9.97 Å². The minimum Gasteiger partial charge on any atom is -0.475 e. The van der Waals surface area contributed by atoms with Crippen LogP contribution in [0.5, 0.6) is 5.88 Å². The van der Waals surface area contributed by atoms with Crippen LogP contribution in [0.1, 0.15) is 22.4 Å². The van der Waals surface area contributed by atoms with Crippen molar-refractivity contribution < 1.29 is 17.9 Å². The van der Waals surface area contributed by atoms with Crippen molar-refractivity contribution in [2.24, 2.45) is 4.99 Å². The standard InChI is InChI=1S/C17H21ClF3N5OS/c1-3-12-10-25-14(28-12)4-5-23-16(22-2)24-6-7-27-15-13(18)8-11(9-26-15)17(19,20)21/h8-10H,3-7H2,1-2H3,(H2,22,23,24). The predicted molar refractivity (Wildman–Crippen MR) is 104 cm³/mol. The van der Waals surface area contributed by atoms with Gasteiger partial charge in [-0.1, -0.05) is 18.5 Å². The largest absolute Gasteiger partial charge is 0.475 e. The number of aromatic nitrogens is 2. The SMILES string of the molecule is CCc1cnc(CCNC(=NC)NCCOc2ncc(C(F)(F)F)cc2Cl)s1. The first kappa shape index (κ1) is 22.2. The zero-order valence-electron chi connectivity index (χ0n) is 15.4. The number of hydrogen-bond acceptors (Lipinski definition) is 5. The van der Waals surface area contributed by atoms with Gasteiger partial charge in [-0.15, -0.1) is 11.3 Å². The minimum atomic E-state index is -4.49. The first-order valence-electron chi connectivity index (χ1n) is 8.57. The van der Waals surface area contributed by atoms with Crippen LogP contribution in [-0.2, 0) is 19.0 Å². The average Bonchev–Trinajstić information content (AvgIpc) is 3.11. The molecule has 2 N–H and O–H groups in total. The molecule has 154 valence electrons. The molecule has 11 heteroatoms. The molecule has 0 aliphatic carbocycles. The average molecular weight is 436 g/mol. The Kier molecular flexibility index (Phi) is 8.31. The number of guanidine groups is 1. The number of aliphatic imine (C=N–C) groups is 1. The van der Waals surface area contributed by atoms with E-state index in [1.165, 1.54) is 4.88 Å². The van der Waals surface area contributed by atoms with Crippen molar-refractivity contribution in [1.82, 2.24) is 20.6 Å². The van der Waals surface area contributed by atoms with Crippen LogP contribution < -0.4 is 15.4 Å². The zero-order valence-corrected chi connectivity index (χ0v) is 17.0. The highest BCUT2D eigenvalue weighted by Gasteiger charge is 2.31. The normalized spacial score (nSPS) is 12.1. The van der Waals surface area contributed by atoms with Crippen LogP contribution in [0.3, 0.4) is 0 Å². The maximum absolute atomic E-state index is 12.6. The summed E-state index contributed by atoms with van der Waals surface area (Å²) in [6.07, 6.45) is -0.146. The molecule has 0 amide bonds. The molecule has 0 fully saturated rings. The smallest absolute Gasteiger partial charge is 0.417 e. The van der Waals surface area contributed by atoms with Crippen molar-refractivity contribution in [1.29, 1.82) is 0 Å². The predicted octanol–water partition coefficient (Wildman–Crippen LogP) is 3.56. The molecule has 0 atom stereocenters. The quantitative estimate of drug-likeness (QED) is 0.377. The lowest BCUT2D eigenvalue weighted by Crippen LogP contribution is -2.40.